The maximum absolute atomic E-state index is 13.9. The first-order valence-electron chi connectivity index (χ1n) is 6.47. The monoisotopic (exact) mass is 269 g/mol. The van der Waals surface area contributed by atoms with Crippen molar-refractivity contribution in [1.82, 2.24) is 5.32 Å². The fourth-order valence-electron chi connectivity index (χ4n) is 2.18. The van der Waals surface area contributed by atoms with E-state index in [4.69, 9.17) is 14.2 Å². The van der Waals surface area contributed by atoms with Crippen LogP contribution < -0.4 is 10.1 Å². The standard InChI is InChI=1S/C14H20FNO3/c1-10(16-8-11-9-18-6-7-19-11)14-12(15)4-3-5-13(14)17-2/h3-5,10-11,16H,6-9H2,1-2H3. The summed E-state index contributed by atoms with van der Waals surface area (Å²) >= 11 is 0. The van der Waals surface area contributed by atoms with Crippen molar-refractivity contribution in [3.63, 3.8) is 0 Å². The summed E-state index contributed by atoms with van der Waals surface area (Å²) in [7, 11) is 1.54. The van der Waals surface area contributed by atoms with Crippen LogP contribution in [0.15, 0.2) is 18.2 Å². The maximum atomic E-state index is 13.9. The van der Waals surface area contributed by atoms with E-state index in [1.165, 1.54) is 6.07 Å². The normalized spacial score (nSPS) is 21.1. The van der Waals surface area contributed by atoms with Crippen molar-refractivity contribution in [2.45, 2.75) is 19.1 Å². The molecule has 5 heteroatoms. The van der Waals surface area contributed by atoms with Crippen LogP contribution in [-0.2, 0) is 9.47 Å². The van der Waals surface area contributed by atoms with Crippen molar-refractivity contribution >= 4 is 0 Å². The molecule has 1 aliphatic heterocycles. The Morgan fingerprint density at radius 3 is 3.00 bits per heavy atom. The Hall–Kier alpha value is -1.17. The Morgan fingerprint density at radius 2 is 2.32 bits per heavy atom. The first kappa shape index (κ1) is 14.2. The van der Waals surface area contributed by atoms with Crippen LogP contribution in [0.2, 0.25) is 0 Å². The Bertz CT molecular complexity index is 408. The molecule has 19 heavy (non-hydrogen) atoms. The Morgan fingerprint density at radius 1 is 1.47 bits per heavy atom. The van der Waals surface area contributed by atoms with E-state index in [9.17, 15) is 4.39 Å². The zero-order valence-corrected chi connectivity index (χ0v) is 11.3. The second kappa shape index (κ2) is 6.84. The average molecular weight is 269 g/mol. The van der Waals surface area contributed by atoms with Gasteiger partial charge < -0.3 is 19.5 Å². The Labute approximate surface area is 112 Å². The van der Waals surface area contributed by atoms with Crippen LogP contribution in [0.4, 0.5) is 4.39 Å². The number of rotatable bonds is 5. The van der Waals surface area contributed by atoms with E-state index in [1.807, 2.05) is 6.92 Å². The lowest BCUT2D eigenvalue weighted by Gasteiger charge is -2.25. The summed E-state index contributed by atoms with van der Waals surface area (Å²) in [5.74, 6) is 0.293. The highest BCUT2D eigenvalue weighted by atomic mass is 19.1. The molecule has 0 aromatic heterocycles. The van der Waals surface area contributed by atoms with Crippen molar-refractivity contribution in [3.05, 3.63) is 29.6 Å². The number of hydrogen-bond donors (Lipinski definition) is 1. The van der Waals surface area contributed by atoms with E-state index in [2.05, 4.69) is 5.32 Å². The molecule has 1 heterocycles. The van der Waals surface area contributed by atoms with E-state index in [0.29, 0.717) is 37.7 Å². The van der Waals surface area contributed by atoms with Gasteiger partial charge >= 0.3 is 0 Å². The number of halogens is 1. The molecule has 106 valence electrons. The Kier molecular flexibility index (Phi) is 5.13. The smallest absolute Gasteiger partial charge is 0.131 e. The van der Waals surface area contributed by atoms with E-state index in [1.54, 1.807) is 19.2 Å². The first-order chi connectivity index (χ1) is 9.22. The molecule has 0 aliphatic carbocycles. The summed E-state index contributed by atoms with van der Waals surface area (Å²) in [5.41, 5.74) is 0.543. The van der Waals surface area contributed by atoms with Gasteiger partial charge in [0.05, 0.1) is 33.0 Å². The van der Waals surface area contributed by atoms with Gasteiger partial charge in [-0.1, -0.05) is 6.07 Å². The van der Waals surface area contributed by atoms with Crippen LogP contribution >= 0.6 is 0 Å². The molecule has 0 saturated carbocycles. The number of benzene rings is 1. The zero-order chi connectivity index (χ0) is 13.7. The second-order valence-electron chi connectivity index (χ2n) is 4.55. The molecule has 1 fully saturated rings. The molecular weight excluding hydrogens is 249 g/mol. The number of nitrogens with one attached hydrogen (secondary N) is 1. The molecule has 0 spiro atoms. The second-order valence-corrected chi connectivity index (χ2v) is 4.55. The summed E-state index contributed by atoms with van der Waals surface area (Å²) in [4.78, 5) is 0. The Balaban J connectivity index is 1.97. The van der Waals surface area contributed by atoms with Crippen molar-refractivity contribution in [3.8, 4) is 5.75 Å². The van der Waals surface area contributed by atoms with Gasteiger partial charge in [0.2, 0.25) is 0 Å². The van der Waals surface area contributed by atoms with Crippen molar-refractivity contribution in [2.75, 3.05) is 33.5 Å². The molecule has 2 rings (SSSR count). The minimum atomic E-state index is -0.264. The molecule has 2 unspecified atom stereocenters. The molecule has 1 saturated heterocycles. The van der Waals surface area contributed by atoms with E-state index in [-0.39, 0.29) is 18.0 Å². The van der Waals surface area contributed by atoms with Crippen molar-refractivity contribution < 1.29 is 18.6 Å². The number of hydrogen-bond acceptors (Lipinski definition) is 4. The molecule has 1 aliphatic rings. The molecule has 1 aromatic carbocycles. The lowest BCUT2D eigenvalue weighted by Crippen LogP contribution is -2.38. The van der Waals surface area contributed by atoms with Gasteiger partial charge in [-0.15, -0.1) is 0 Å². The van der Waals surface area contributed by atoms with Gasteiger partial charge in [0.15, 0.2) is 0 Å². The predicted molar refractivity (Wildman–Crippen MR) is 69.9 cm³/mol. The summed E-state index contributed by atoms with van der Waals surface area (Å²) in [6.45, 7) is 4.37. The molecule has 0 radical (unpaired) electrons. The minimum Gasteiger partial charge on any atom is -0.496 e. The van der Waals surface area contributed by atoms with Crippen LogP contribution in [0.1, 0.15) is 18.5 Å². The van der Waals surface area contributed by atoms with Crippen LogP contribution in [0.3, 0.4) is 0 Å². The van der Waals surface area contributed by atoms with Gasteiger partial charge in [-0.05, 0) is 19.1 Å². The molecule has 4 nitrogen and oxygen atoms in total. The third-order valence-corrected chi connectivity index (χ3v) is 3.20. The summed E-state index contributed by atoms with van der Waals surface area (Å²) in [6.07, 6.45) is 0.0222. The SMILES string of the molecule is COc1cccc(F)c1C(C)NCC1COCCO1. The van der Waals surface area contributed by atoms with Crippen LogP contribution in [0, 0.1) is 5.82 Å². The van der Waals surface area contributed by atoms with Gasteiger partial charge in [-0.25, -0.2) is 4.39 Å². The quantitative estimate of drug-likeness (QED) is 0.886. The molecule has 0 bridgehead atoms. The highest BCUT2D eigenvalue weighted by Gasteiger charge is 2.19. The first-order valence-corrected chi connectivity index (χ1v) is 6.47. The lowest BCUT2D eigenvalue weighted by atomic mass is 10.1. The predicted octanol–water partition coefficient (Wildman–Crippen LogP) is 1.90. The van der Waals surface area contributed by atoms with Crippen LogP contribution in [-0.4, -0.2) is 39.6 Å². The highest BCUT2D eigenvalue weighted by Crippen LogP contribution is 2.27. The summed E-state index contributed by atoms with van der Waals surface area (Å²) in [5, 5.41) is 3.26. The topological polar surface area (TPSA) is 39.7 Å². The van der Waals surface area contributed by atoms with Crippen LogP contribution in [0.25, 0.3) is 0 Å². The van der Waals surface area contributed by atoms with Crippen molar-refractivity contribution in [2.24, 2.45) is 0 Å². The highest BCUT2D eigenvalue weighted by molar-refractivity contribution is 5.36. The largest absolute Gasteiger partial charge is 0.496 e. The van der Waals surface area contributed by atoms with Gasteiger partial charge in [0, 0.05) is 18.2 Å². The molecular formula is C14H20FNO3. The lowest BCUT2D eigenvalue weighted by molar-refractivity contribution is -0.0870. The van der Waals surface area contributed by atoms with E-state index < -0.39 is 0 Å². The molecule has 0 amide bonds. The number of ether oxygens (including phenoxy) is 3. The van der Waals surface area contributed by atoms with Gasteiger partial charge in [0.1, 0.15) is 11.6 Å². The fourth-order valence-corrected chi connectivity index (χ4v) is 2.18. The molecule has 1 N–H and O–H groups in total. The van der Waals surface area contributed by atoms with Crippen molar-refractivity contribution in [1.29, 1.82) is 0 Å². The van der Waals surface area contributed by atoms with Gasteiger partial charge in [-0.2, -0.15) is 0 Å². The maximum Gasteiger partial charge on any atom is 0.131 e. The number of methoxy groups -OCH3 is 1. The minimum absolute atomic E-state index is 0.0222. The molecule has 2 atom stereocenters. The van der Waals surface area contributed by atoms with Gasteiger partial charge in [0.25, 0.3) is 0 Å². The van der Waals surface area contributed by atoms with E-state index in [0.717, 1.165) is 0 Å². The third kappa shape index (κ3) is 3.65. The molecule has 1 aromatic rings. The average Bonchev–Trinajstić information content (AvgIpc) is 2.45. The third-order valence-electron chi connectivity index (χ3n) is 3.20. The van der Waals surface area contributed by atoms with Crippen LogP contribution in [0.5, 0.6) is 5.75 Å². The zero-order valence-electron chi connectivity index (χ0n) is 11.3. The fraction of sp³-hybridized carbons (Fsp3) is 0.571. The summed E-state index contributed by atoms with van der Waals surface area (Å²) < 4.78 is 29.9. The van der Waals surface area contributed by atoms with E-state index >= 15 is 0 Å². The summed E-state index contributed by atoms with van der Waals surface area (Å²) in [6, 6.07) is 4.69. The van der Waals surface area contributed by atoms with Gasteiger partial charge in [-0.3, -0.25) is 0 Å².